The van der Waals surface area contributed by atoms with E-state index in [0.29, 0.717) is 5.75 Å². The number of hydrogen-bond donors (Lipinski definition) is 4. The maximum atomic E-state index is 12.2. The van der Waals surface area contributed by atoms with E-state index in [-0.39, 0.29) is 23.6 Å². The number of fused-ring (bicyclic) bond motifs is 1. The highest BCUT2D eigenvalue weighted by molar-refractivity contribution is 5.97. The molecule has 0 aliphatic carbocycles. The number of hydrogen-bond acceptors (Lipinski definition) is 9. The maximum absolute atomic E-state index is 12.2. The van der Waals surface area contributed by atoms with Crippen molar-refractivity contribution >= 4 is 22.9 Å². The number of ether oxygens (including phenoxy) is 2. The second-order valence-corrected chi connectivity index (χ2v) is 6.43. The van der Waals surface area contributed by atoms with Gasteiger partial charge in [-0.25, -0.2) is 15.0 Å². The van der Waals surface area contributed by atoms with Gasteiger partial charge in [0, 0.05) is 0 Å². The molecule has 4 rings (SSSR count). The van der Waals surface area contributed by atoms with Crippen molar-refractivity contribution in [2.24, 2.45) is 0 Å². The molecule has 11 nitrogen and oxygen atoms in total. The highest BCUT2D eigenvalue weighted by Gasteiger charge is 2.44. The molecule has 1 saturated heterocycles. The van der Waals surface area contributed by atoms with Crippen LogP contribution in [0, 0.1) is 0 Å². The lowest BCUT2D eigenvalue weighted by Gasteiger charge is -2.16. The van der Waals surface area contributed by atoms with Crippen molar-refractivity contribution in [2.45, 2.75) is 24.5 Å². The van der Waals surface area contributed by atoms with Crippen molar-refractivity contribution in [2.75, 3.05) is 18.5 Å². The first-order chi connectivity index (χ1) is 14.1. The Labute approximate surface area is 164 Å². The molecule has 1 aliphatic rings. The van der Waals surface area contributed by atoms with E-state index in [1.807, 2.05) is 6.07 Å². The smallest absolute Gasteiger partial charge is 0.263 e. The molecule has 2 aromatic heterocycles. The summed E-state index contributed by atoms with van der Waals surface area (Å²) in [5.74, 6) is 0.294. The van der Waals surface area contributed by atoms with E-state index in [4.69, 9.17) is 9.47 Å². The van der Waals surface area contributed by atoms with Gasteiger partial charge < -0.3 is 30.1 Å². The zero-order valence-electron chi connectivity index (χ0n) is 15.1. The number of aromatic nitrogens is 4. The van der Waals surface area contributed by atoms with Gasteiger partial charge in [-0.3, -0.25) is 9.36 Å². The van der Waals surface area contributed by atoms with E-state index in [2.05, 4.69) is 20.3 Å². The van der Waals surface area contributed by atoms with Crippen molar-refractivity contribution < 1.29 is 29.6 Å². The van der Waals surface area contributed by atoms with Crippen molar-refractivity contribution in [3.8, 4) is 5.75 Å². The first-order valence-electron chi connectivity index (χ1n) is 8.86. The SMILES string of the molecule is O=C(COc1ccccc1)Nc1ncnc2c1ncn2C1OC(CO)C(O)C1O. The van der Waals surface area contributed by atoms with Crippen LogP contribution < -0.4 is 10.1 Å². The predicted molar refractivity (Wildman–Crippen MR) is 98.9 cm³/mol. The van der Waals surface area contributed by atoms with Gasteiger partial charge in [-0.2, -0.15) is 0 Å². The Bertz CT molecular complexity index is 997. The molecular formula is C18H19N5O6. The van der Waals surface area contributed by atoms with Crippen LogP contribution in [-0.2, 0) is 9.53 Å². The van der Waals surface area contributed by atoms with Gasteiger partial charge in [-0.15, -0.1) is 0 Å². The van der Waals surface area contributed by atoms with Crippen LogP contribution in [0.2, 0.25) is 0 Å². The minimum absolute atomic E-state index is 0.169. The fourth-order valence-electron chi connectivity index (χ4n) is 3.07. The van der Waals surface area contributed by atoms with Crippen LogP contribution in [0.15, 0.2) is 43.0 Å². The summed E-state index contributed by atoms with van der Waals surface area (Å²) >= 11 is 0. The molecule has 4 atom stereocenters. The number of nitrogens with one attached hydrogen (secondary N) is 1. The largest absolute Gasteiger partial charge is 0.484 e. The Morgan fingerprint density at radius 1 is 1.17 bits per heavy atom. The number of benzene rings is 1. The molecule has 0 radical (unpaired) electrons. The molecule has 4 N–H and O–H groups in total. The lowest BCUT2D eigenvalue weighted by atomic mass is 10.1. The first kappa shape index (κ1) is 19.2. The summed E-state index contributed by atoms with van der Waals surface area (Å²) in [6.07, 6.45) is -1.86. The van der Waals surface area contributed by atoms with Gasteiger partial charge in [0.2, 0.25) is 0 Å². The van der Waals surface area contributed by atoms with Gasteiger partial charge in [0.25, 0.3) is 5.91 Å². The number of carbonyl (C=O) groups excluding carboxylic acids is 1. The van der Waals surface area contributed by atoms with Crippen LogP contribution in [0.1, 0.15) is 6.23 Å². The molecule has 0 saturated carbocycles. The van der Waals surface area contributed by atoms with Gasteiger partial charge >= 0.3 is 0 Å². The normalized spacial score (nSPS) is 24.0. The molecule has 4 unspecified atom stereocenters. The maximum Gasteiger partial charge on any atom is 0.263 e. The Balaban J connectivity index is 1.51. The fourth-order valence-corrected chi connectivity index (χ4v) is 3.07. The Morgan fingerprint density at radius 3 is 2.69 bits per heavy atom. The van der Waals surface area contributed by atoms with E-state index in [1.165, 1.54) is 17.2 Å². The second-order valence-electron chi connectivity index (χ2n) is 6.43. The number of nitrogens with zero attached hydrogens (tertiary/aromatic N) is 4. The van der Waals surface area contributed by atoms with Crippen LogP contribution in [0.25, 0.3) is 11.2 Å². The number of para-hydroxylation sites is 1. The summed E-state index contributed by atoms with van der Waals surface area (Å²) in [5, 5.41) is 32.0. The van der Waals surface area contributed by atoms with Crippen LogP contribution in [-0.4, -0.2) is 72.3 Å². The van der Waals surface area contributed by atoms with Gasteiger partial charge in [-0.05, 0) is 12.1 Å². The Hall–Kier alpha value is -3.12. The number of carbonyl (C=O) groups is 1. The van der Waals surface area contributed by atoms with Crippen molar-refractivity contribution in [3.63, 3.8) is 0 Å². The summed E-state index contributed by atoms with van der Waals surface area (Å²) in [5.41, 5.74) is 0.562. The standard InChI is InChI=1S/C18H19N5O6/c24-6-11-14(26)15(27)18(29-11)23-9-21-13-16(19-8-20-17(13)23)22-12(25)7-28-10-4-2-1-3-5-10/h1-5,8-9,11,14-15,18,24,26-27H,6-7H2,(H,19,20,22,25). The number of aliphatic hydroxyl groups is 3. The summed E-state index contributed by atoms with van der Waals surface area (Å²) in [6, 6.07) is 8.91. The molecule has 3 aromatic rings. The molecule has 0 spiro atoms. The Morgan fingerprint density at radius 2 is 1.97 bits per heavy atom. The molecule has 152 valence electrons. The monoisotopic (exact) mass is 401 g/mol. The lowest BCUT2D eigenvalue weighted by Crippen LogP contribution is -2.33. The minimum atomic E-state index is -1.28. The van der Waals surface area contributed by atoms with Crippen LogP contribution in [0.4, 0.5) is 5.82 Å². The lowest BCUT2D eigenvalue weighted by molar-refractivity contribution is -0.118. The third kappa shape index (κ3) is 3.76. The highest BCUT2D eigenvalue weighted by Crippen LogP contribution is 2.32. The molecule has 11 heteroatoms. The molecule has 1 amide bonds. The van der Waals surface area contributed by atoms with E-state index < -0.39 is 37.1 Å². The molecule has 0 bridgehead atoms. The molecule has 3 heterocycles. The van der Waals surface area contributed by atoms with Crippen LogP contribution in [0.3, 0.4) is 0 Å². The van der Waals surface area contributed by atoms with Crippen molar-refractivity contribution in [1.82, 2.24) is 19.5 Å². The number of anilines is 1. The highest BCUT2D eigenvalue weighted by atomic mass is 16.6. The molecule has 1 aliphatic heterocycles. The average molecular weight is 401 g/mol. The quantitative estimate of drug-likeness (QED) is 0.426. The van der Waals surface area contributed by atoms with Gasteiger partial charge in [0.1, 0.15) is 30.4 Å². The average Bonchev–Trinajstić information content (AvgIpc) is 3.29. The summed E-state index contributed by atoms with van der Waals surface area (Å²) in [7, 11) is 0. The van der Waals surface area contributed by atoms with Crippen molar-refractivity contribution in [1.29, 1.82) is 0 Å². The van der Waals surface area contributed by atoms with Gasteiger partial charge in [-0.1, -0.05) is 18.2 Å². The number of imidazole rings is 1. The van der Waals surface area contributed by atoms with E-state index in [9.17, 15) is 20.1 Å². The zero-order chi connectivity index (χ0) is 20.4. The topological polar surface area (TPSA) is 152 Å². The third-order valence-electron chi connectivity index (χ3n) is 4.52. The van der Waals surface area contributed by atoms with E-state index in [1.54, 1.807) is 24.3 Å². The second kappa shape index (κ2) is 8.09. The number of rotatable bonds is 6. The van der Waals surface area contributed by atoms with Gasteiger partial charge in [0.05, 0.1) is 12.9 Å². The first-order valence-corrected chi connectivity index (χ1v) is 8.86. The number of aliphatic hydroxyl groups excluding tert-OH is 3. The Kier molecular flexibility index (Phi) is 5.36. The van der Waals surface area contributed by atoms with Gasteiger partial charge in [0.15, 0.2) is 29.8 Å². The van der Waals surface area contributed by atoms with E-state index >= 15 is 0 Å². The summed E-state index contributed by atoms with van der Waals surface area (Å²) in [4.78, 5) is 24.6. The molecule has 1 fully saturated rings. The third-order valence-corrected chi connectivity index (χ3v) is 4.52. The molecular weight excluding hydrogens is 382 g/mol. The van der Waals surface area contributed by atoms with Crippen molar-refractivity contribution in [3.05, 3.63) is 43.0 Å². The number of amides is 1. The minimum Gasteiger partial charge on any atom is -0.484 e. The molecule has 1 aromatic carbocycles. The fraction of sp³-hybridized carbons (Fsp3) is 0.333. The summed E-state index contributed by atoms with van der Waals surface area (Å²) in [6.45, 7) is -0.663. The summed E-state index contributed by atoms with van der Waals surface area (Å²) < 4.78 is 12.3. The van der Waals surface area contributed by atoms with Crippen LogP contribution >= 0.6 is 0 Å². The zero-order valence-corrected chi connectivity index (χ0v) is 15.1. The predicted octanol–water partition coefficient (Wildman–Crippen LogP) is -0.545. The molecule has 29 heavy (non-hydrogen) atoms. The van der Waals surface area contributed by atoms with E-state index in [0.717, 1.165) is 0 Å². The van der Waals surface area contributed by atoms with Crippen LogP contribution in [0.5, 0.6) is 5.75 Å².